The maximum Gasteiger partial charge on any atom is 0.0831 e. The number of hydrogen-bond donors (Lipinski definition) is 0. The first-order valence-corrected chi connectivity index (χ1v) is 3.43. The van der Waals surface area contributed by atoms with Crippen molar-refractivity contribution in [2.45, 2.75) is 6.92 Å². The number of aromatic nitrogens is 2. The molecular weight excluding hydrogens is 140 g/mol. The van der Waals surface area contributed by atoms with Crippen LogP contribution in [0.5, 0.6) is 0 Å². The lowest BCUT2D eigenvalue weighted by molar-refractivity contribution is 0.341. The molecule has 0 amide bonds. The molecule has 0 aromatic carbocycles. The van der Waals surface area contributed by atoms with Gasteiger partial charge in [-0.05, 0) is 13.0 Å². The number of nitrogens with zero attached hydrogens (tertiary/aromatic N) is 2. The first-order chi connectivity index (χ1) is 5.24. The second kappa shape index (κ2) is 3.23. The standard InChI is InChI=1S/C8H12N2O/c1-7-8(4-5-11-3)6-10(2)9-7/h4-6H,1-3H3. The van der Waals surface area contributed by atoms with Crippen LogP contribution in [0.25, 0.3) is 6.08 Å². The molecule has 0 fully saturated rings. The van der Waals surface area contributed by atoms with E-state index in [2.05, 4.69) is 5.10 Å². The third-order valence-electron chi connectivity index (χ3n) is 1.44. The summed E-state index contributed by atoms with van der Waals surface area (Å²) >= 11 is 0. The van der Waals surface area contributed by atoms with Crippen LogP contribution in [0.3, 0.4) is 0 Å². The van der Waals surface area contributed by atoms with Crippen LogP contribution in [0.2, 0.25) is 0 Å². The third kappa shape index (κ3) is 1.83. The molecule has 1 aromatic heterocycles. The van der Waals surface area contributed by atoms with Crippen LogP contribution in [0.15, 0.2) is 12.5 Å². The van der Waals surface area contributed by atoms with Gasteiger partial charge in [0.15, 0.2) is 0 Å². The van der Waals surface area contributed by atoms with Crippen molar-refractivity contribution in [3.05, 3.63) is 23.7 Å². The van der Waals surface area contributed by atoms with E-state index in [1.807, 2.05) is 26.2 Å². The molecule has 3 nitrogen and oxygen atoms in total. The Kier molecular flexibility index (Phi) is 2.31. The van der Waals surface area contributed by atoms with E-state index >= 15 is 0 Å². The van der Waals surface area contributed by atoms with Gasteiger partial charge in [-0.15, -0.1) is 0 Å². The van der Waals surface area contributed by atoms with Gasteiger partial charge in [0.05, 0.1) is 19.1 Å². The topological polar surface area (TPSA) is 27.1 Å². The van der Waals surface area contributed by atoms with Gasteiger partial charge in [0, 0.05) is 18.8 Å². The van der Waals surface area contributed by atoms with Crippen molar-refractivity contribution < 1.29 is 4.74 Å². The molecule has 0 bridgehead atoms. The van der Waals surface area contributed by atoms with Gasteiger partial charge in [-0.1, -0.05) is 0 Å². The summed E-state index contributed by atoms with van der Waals surface area (Å²) in [6.07, 6.45) is 5.48. The molecule has 0 N–H and O–H groups in total. The summed E-state index contributed by atoms with van der Waals surface area (Å²) in [4.78, 5) is 0. The van der Waals surface area contributed by atoms with E-state index in [4.69, 9.17) is 4.74 Å². The normalized spacial score (nSPS) is 10.8. The zero-order valence-electron chi connectivity index (χ0n) is 7.03. The molecule has 0 atom stereocenters. The van der Waals surface area contributed by atoms with Gasteiger partial charge in [0.1, 0.15) is 0 Å². The maximum atomic E-state index is 4.79. The lowest BCUT2D eigenvalue weighted by atomic mass is 10.3. The molecule has 0 unspecified atom stereocenters. The van der Waals surface area contributed by atoms with Gasteiger partial charge in [0.25, 0.3) is 0 Å². The van der Waals surface area contributed by atoms with Crippen LogP contribution in [-0.4, -0.2) is 16.9 Å². The van der Waals surface area contributed by atoms with Gasteiger partial charge in [-0.3, -0.25) is 4.68 Å². The number of ether oxygens (including phenoxy) is 1. The zero-order valence-corrected chi connectivity index (χ0v) is 7.03. The summed E-state index contributed by atoms with van der Waals surface area (Å²) in [7, 11) is 3.53. The minimum atomic E-state index is 1.01. The van der Waals surface area contributed by atoms with E-state index in [0.717, 1.165) is 11.3 Å². The van der Waals surface area contributed by atoms with Crippen LogP contribution in [0.1, 0.15) is 11.3 Å². The lowest BCUT2D eigenvalue weighted by Crippen LogP contribution is -1.86. The van der Waals surface area contributed by atoms with Crippen molar-refractivity contribution in [1.82, 2.24) is 9.78 Å². The molecule has 1 rings (SSSR count). The van der Waals surface area contributed by atoms with Crippen molar-refractivity contribution in [3.63, 3.8) is 0 Å². The summed E-state index contributed by atoms with van der Waals surface area (Å²) in [6.45, 7) is 1.97. The molecular formula is C8H12N2O. The molecule has 1 aromatic rings. The SMILES string of the molecule is COC=Cc1cn(C)nc1C. The Hall–Kier alpha value is -1.25. The minimum absolute atomic E-state index is 1.01. The summed E-state index contributed by atoms with van der Waals surface area (Å²) in [5.74, 6) is 0. The summed E-state index contributed by atoms with van der Waals surface area (Å²) in [6, 6.07) is 0. The molecule has 0 spiro atoms. The summed E-state index contributed by atoms with van der Waals surface area (Å²) in [5.41, 5.74) is 2.11. The van der Waals surface area contributed by atoms with E-state index in [1.165, 1.54) is 0 Å². The van der Waals surface area contributed by atoms with Crippen LogP contribution < -0.4 is 0 Å². The Labute approximate surface area is 66.3 Å². The average molecular weight is 152 g/mol. The minimum Gasteiger partial charge on any atom is -0.504 e. The Bertz CT molecular complexity index is 263. The highest BCUT2D eigenvalue weighted by Gasteiger charge is 1.96. The van der Waals surface area contributed by atoms with E-state index in [9.17, 15) is 0 Å². The lowest BCUT2D eigenvalue weighted by Gasteiger charge is -1.86. The summed E-state index contributed by atoms with van der Waals surface area (Å²) < 4.78 is 6.57. The quantitative estimate of drug-likeness (QED) is 0.598. The number of rotatable bonds is 2. The fourth-order valence-corrected chi connectivity index (χ4v) is 0.923. The van der Waals surface area contributed by atoms with Gasteiger partial charge in [-0.2, -0.15) is 5.10 Å². The highest BCUT2D eigenvalue weighted by Crippen LogP contribution is 2.06. The summed E-state index contributed by atoms with van der Waals surface area (Å²) in [5, 5.41) is 4.17. The molecule has 11 heavy (non-hydrogen) atoms. The Morgan fingerprint density at radius 2 is 2.36 bits per heavy atom. The van der Waals surface area contributed by atoms with E-state index < -0.39 is 0 Å². The number of methoxy groups -OCH3 is 1. The fourth-order valence-electron chi connectivity index (χ4n) is 0.923. The van der Waals surface area contributed by atoms with Crippen molar-refractivity contribution in [3.8, 4) is 0 Å². The van der Waals surface area contributed by atoms with E-state index in [1.54, 1.807) is 18.1 Å². The maximum absolute atomic E-state index is 4.79. The average Bonchev–Trinajstić information content (AvgIpc) is 2.26. The smallest absolute Gasteiger partial charge is 0.0831 e. The molecule has 60 valence electrons. The molecule has 1 heterocycles. The highest BCUT2D eigenvalue weighted by molar-refractivity contribution is 5.49. The van der Waals surface area contributed by atoms with E-state index in [-0.39, 0.29) is 0 Å². The zero-order chi connectivity index (χ0) is 8.27. The van der Waals surface area contributed by atoms with E-state index in [0.29, 0.717) is 0 Å². The largest absolute Gasteiger partial charge is 0.504 e. The molecule has 3 heteroatoms. The highest BCUT2D eigenvalue weighted by atomic mass is 16.5. The van der Waals surface area contributed by atoms with Crippen LogP contribution in [-0.2, 0) is 11.8 Å². The predicted molar refractivity (Wildman–Crippen MR) is 44.0 cm³/mol. The first kappa shape index (κ1) is 7.85. The Morgan fingerprint density at radius 3 is 2.82 bits per heavy atom. The third-order valence-corrected chi connectivity index (χ3v) is 1.44. The van der Waals surface area contributed by atoms with Crippen LogP contribution >= 0.6 is 0 Å². The second-order valence-corrected chi connectivity index (χ2v) is 2.38. The molecule has 0 aliphatic rings. The first-order valence-electron chi connectivity index (χ1n) is 3.43. The second-order valence-electron chi connectivity index (χ2n) is 2.38. The molecule has 0 saturated heterocycles. The van der Waals surface area contributed by atoms with Crippen molar-refractivity contribution in [2.24, 2.45) is 7.05 Å². The van der Waals surface area contributed by atoms with Gasteiger partial charge < -0.3 is 4.74 Å². The fraction of sp³-hybridized carbons (Fsp3) is 0.375. The Morgan fingerprint density at radius 1 is 1.64 bits per heavy atom. The molecule has 0 saturated carbocycles. The molecule has 0 aliphatic heterocycles. The van der Waals surface area contributed by atoms with Gasteiger partial charge in [-0.25, -0.2) is 0 Å². The van der Waals surface area contributed by atoms with Gasteiger partial charge in [0.2, 0.25) is 0 Å². The number of hydrogen-bond acceptors (Lipinski definition) is 2. The molecule has 0 aliphatic carbocycles. The molecule has 0 radical (unpaired) electrons. The number of aryl methyl sites for hydroxylation is 2. The monoisotopic (exact) mass is 152 g/mol. The van der Waals surface area contributed by atoms with Crippen LogP contribution in [0.4, 0.5) is 0 Å². The Balaban J connectivity index is 2.85. The predicted octanol–water partition coefficient (Wildman–Crippen LogP) is 1.35. The van der Waals surface area contributed by atoms with Crippen LogP contribution in [0, 0.1) is 6.92 Å². The van der Waals surface area contributed by atoms with Crippen molar-refractivity contribution in [2.75, 3.05) is 7.11 Å². The van der Waals surface area contributed by atoms with Crippen molar-refractivity contribution >= 4 is 6.08 Å². The van der Waals surface area contributed by atoms with Gasteiger partial charge >= 0.3 is 0 Å². The van der Waals surface area contributed by atoms with Crippen molar-refractivity contribution in [1.29, 1.82) is 0 Å².